The van der Waals surface area contributed by atoms with Gasteiger partial charge in [0.2, 0.25) is 0 Å². The smallest absolute Gasteiger partial charge is 0.00735 e. The zero-order valence-corrected chi connectivity index (χ0v) is 14.7. The van der Waals surface area contributed by atoms with Crippen LogP contribution >= 0.6 is 27.7 Å². The number of hydrogen-bond acceptors (Lipinski definition) is 0. The minimum Gasteiger partial charge on any atom is -0.109 e. The molecule has 0 amide bonds. The van der Waals surface area contributed by atoms with Crippen LogP contribution in [0.3, 0.4) is 0 Å². The van der Waals surface area contributed by atoms with Crippen LogP contribution in [0.2, 0.25) is 0 Å². The molecule has 1 aliphatic rings. The molecular formula is C15H21P3. The monoisotopic (exact) mass is 294 g/mol. The van der Waals surface area contributed by atoms with Crippen molar-refractivity contribution in [3.8, 4) is 0 Å². The molecule has 4 atom stereocenters. The van der Waals surface area contributed by atoms with Crippen molar-refractivity contribution in [3.05, 3.63) is 51.1 Å². The SMILES string of the molecule is CC1=CC(c2c(C)cc(C)cc2P)CC(P)=C1P. The third kappa shape index (κ3) is 2.77. The van der Waals surface area contributed by atoms with Crippen molar-refractivity contribution < 1.29 is 0 Å². The van der Waals surface area contributed by atoms with E-state index >= 15 is 0 Å². The van der Waals surface area contributed by atoms with Gasteiger partial charge in [-0.3, -0.25) is 0 Å². The average Bonchev–Trinajstić information content (AvgIpc) is 2.24. The van der Waals surface area contributed by atoms with Crippen LogP contribution in [0.1, 0.15) is 36.0 Å². The van der Waals surface area contributed by atoms with E-state index in [1.807, 2.05) is 0 Å². The maximum atomic E-state index is 2.90. The number of allylic oxidation sites excluding steroid dienone is 4. The molecule has 0 heterocycles. The highest BCUT2D eigenvalue weighted by Crippen LogP contribution is 2.40. The maximum absolute atomic E-state index is 2.90. The third-order valence-electron chi connectivity index (χ3n) is 3.60. The molecule has 0 aromatic heterocycles. The highest BCUT2D eigenvalue weighted by atomic mass is 31.0. The summed E-state index contributed by atoms with van der Waals surface area (Å²) in [7, 11) is 8.65. The third-order valence-corrected chi connectivity index (χ3v) is 5.78. The van der Waals surface area contributed by atoms with E-state index in [0.717, 1.165) is 6.42 Å². The van der Waals surface area contributed by atoms with E-state index in [1.165, 1.54) is 38.2 Å². The van der Waals surface area contributed by atoms with Crippen molar-refractivity contribution >= 4 is 33.0 Å². The Morgan fingerprint density at radius 2 is 1.72 bits per heavy atom. The summed E-state index contributed by atoms with van der Waals surface area (Å²) >= 11 is 0. The second-order valence-electron chi connectivity index (χ2n) is 5.18. The fourth-order valence-corrected chi connectivity index (χ4v) is 4.15. The fourth-order valence-electron chi connectivity index (χ4n) is 2.75. The Balaban J connectivity index is 2.47. The van der Waals surface area contributed by atoms with Crippen molar-refractivity contribution in [1.29, 1.82) is 0 Å². The normalized spacial score (nSPS) is 20.1. The second kappa shape index (κ2) is 5.54. The van der Waals surface area contributed by atoms with Gasteiger partial charge in [0.1, 0.15) is 0 Å². The van der Waals surface area contributed by atoms with E-state index in [-0.39, 0.29) is 0 Å². The Labute approximate surface area is 117 Å². The molecule has 0 nitrogen and oxygen atoms in total. The molecule has 0 aliphatic heterocycles. The van der Waals surface area contributed by atoms with Gasteiger partial charge < -0.3 is 0 Å². The highest BCUT2D eigenvalue weighted by molar-refractivity contribution is 7.28. The van der Waals surface area contributed by atoms with Crippen LogP contribution in [-0.4, -0.2) is 0 Å². The number of rotatable bonds is 1. The molecule has 0 N–H and O–H groups in total. The van der Waals surface area contributed by atoms with E-state index in [4.69, 9.17) is 0 Å². The zero-order chi connectivity index (χ0) is 13.4. The molecule has 1 aromatic rings. The van der Waals surface area contributed by atoms with Crippen LogP contribution < -0.4 is 5.30 Å². The molecule has 0 saturated heterocycles. The molecule has 3 heteroatoms. The molecule has 0 radical (unpaired) electrons. The molecule has 1 aliphatic carbocycles. The van der Waals surface area contributed by atoms with Crippen LogP contribution in [0.4, 0.5) is 0 Å². The van der Waals surface area contributed by atoms with E-state index in [9.17, 15) is 0 Å². The van der Waals surface area contributed by atoms with Crippen LogP contribution in [-0.2, 0) is 0 Å². The molecule has 0 fully saturated rings. The Bertz CT molecular complexity index is 530. The van der Waals surface area contributed by atoms with Gasteiger partial charge in [-0.25, -0.2) is 0 Å². The molecule has 0 spiro atoms. The van der Waals surface area contributed by atoms with Gasteiger partial charge in [0.15, 0.2) is 0 Å². The van der Waals surface area contributed by atoms with Crippen molar-refractivity contribution in [3.63, 3.8) is 0 Å². The lowest BCUT2D eigenvalue weighted by atomic mass is 9.86. The minimum atomic E-state index is 0.509. The Morgan fingerprint density at radius 1 is 1.06 bits per heavy atom. The molecule has 96 valence electrons. The first-order chi connectivity index (χ1) is 8.40. The number of benzene rings is 1. The largest absolute Gasteiger partial charge is 0.109 e. The van der Waals surface area contributed by atoms with Crippen molar-refractivity contribution in [1.82, 2.24) is 0 Å². The summed E-state index contributed by atoms with van der Waals surface area (Å²) in [6.07, 6.45) is 3.51. The van der Waals surface area contributed by atoms with Crippen molar-refractivity contribution in [2.75, 3.05) is 0 Å². The first-order valence-electron chi connectivity index (χ1n) is 6.19. The first kappa shape index (κ1) is 14.4. The Hall–Kier alpha value is -0.0100. The quantitative estimate of drug-likeness (QED) is 0.681. The van der Waals surface area contributed by atoms with Crippen molar-refractivity contribution in [2.24, 2.45) is 0 Å². The predicted molar refractivity (Wildman–Crippen MR) is 92.8 cm³/mol. The lowest BCUT2D eigenvalue weighted by Gasteiger charge is -2.25. The van der Waals surface area contributed by atoms with Gasteiger partial charge in [-0.15, -0.1) is 27.7 Å². The van der Waals surface area contributed by atoms with E-state index in [1.54, 1.807) is 0 Å². The van der Waals surface area contributed by atoms with Crippen LogP contribution in [0.5, 0.6) is 0 Å². The van der Waals surface area contributed by atoms with E-state index in [2.05, 4.69) is 66.7 Å². The van der Waals surface area contributed by atoms with Gasteiger partial charge in [-0.1, -0.05) is 23.8 Å². The minimum absolute atomic E-state index is 0.509. The molecule has 18 heavy (non-hydrogen) atoms. The Kier molecular flexibility index (Phi) is 4.44. The summed E-state index contributed by atoms with van der Waals surface area (Å²) in [5.41, 5.74) is 5.60. The first-order valence-corrected chi connectivity index (χ1v) is 7.93. The van der Waals surface area contributed by atoms with Gasteiger partial charge in [0, 0.05) is 5.92 Å². The summed E-state index contributed by atoms with van der Waals surface area (Å²) in [5, 5.41) is 4.10. The molecule has 0 saturated carbocycles. The predicted octanol–water partition coefficient (Wildman–Crippen LogP) is 4.20. The summed E-state index contributed by atoms with van der Waals surface area (Å²) in [4.78, 5) is 0. The lowest BCUT2D eigenvalue weighted by Crippen LogP contribution is -2.13. The number of hydrogen-bond donors (Lipinski definition) is 0. The summed E-state index contributed by atoms with van der Waals surface area (Å²) in [5.74, 6) is 0.509. The second-order valence-corrected chi connectivity index (χ2v) is 7.08. The average molecular weight is 294 g/mol. The van der Waals surface area contributed by atoms with E-state index in [0.29, 0.717) is 5.92 Å². The Morgan fingerprint density at radius 3 is 2.28 bits per heavy atom. The van der Waals surface area contributed by atoms with Crippen LogP contribution in [0.15, 0.2) is 34.4 Å². The summed E-state index contributed by atoms with van der Waals surface area (Å²) in [6.45, 7) is 6.58. The molecule has 4 unspecified atom stereocenters. The molecule has 2 rings (SSSR count). The standard InChI is InChI=1S/C15H21P3/c1-8-4-9(2)14(12(16)5-8)11-6-10(3)15(18)13(17)7-11/h4-6,11H,7,16-18H2,1-3H3. The maximum Gasteiger partial charge on any atom is 0.00735 e. The molecule has 0 bridgehead atoms. The molecule has 1 aromatic carbocycles. The van der Waals surface area contributed by atoms with Crippen LogP contribution in [0.25, 0.3) is 0 Å². The highest BCUT2D eigenvalue weighted by Gasteiger charge is 2.20. The van der Waals surface area contributed by atoms with Gasteiger partial charge in [0.05, 0.1) is 0 Å². The van der Waals surface area contributed by atoms with E-state index < -0.39 is 0 Å². The lowest BCUT2D eigenvalue weighted by molar-refractivity contribution is 0.829. The van der Waals surface area contributed by atoms with Gasteiger partial charge in [0.25, 0.3) is 0 Å². The summed E-state index contributed by atoms with van der Waals surface area (Å²) in [6, 6.07) is 4.55. The zero-order valence-electron chi connectivity index (χ0n) is 11.2. The van der Waals surface area contributed by atoms with Gasteiger partial charge in [-0.05, 0) is 59.8 Å². The van der Waals surface area contributed by atoms with Crippen LogP contribution in [0, 0.1) is 13.8 Å². The van der Waals surface area contributed by atoms with Gasteiger partial charge in [-0.2, -0.15) is 0 Å². The summed E-state index contributed by atoms with van der Waals surface area (Å²) < 4.78 is 0. The topological polar surface area (TPSA) is 0 Å². The van der Waals surface area contributed by atoms with Crippen molar-refractivity contribution in [2.45, 2.75) is 33.1 Å². The fraction of sp³-hybridized carbons (Fsp3) is 0.333. The van der Waals surface area contributed by atoms with Gasteiger partial charge >= 0.3 is 0 Å². The number of aryl methyl sites for hydroxylation is 2. The molecular weight excluding hydrogens is 273 g/mol.